The lowest BCUT2D eigenvalue weighted by atomic mass is 9.82. The van der Waals surface area contributed by atoms with E-state index < -0.39 is 11.2 Å². The number of hydrogen-bond acceptors (Lipinski definition) is 8. The average Bonchev–Trinajstić information content (AvgIpc) is 3.63. The summed E-state index contributed by atoms with van der Waals surface area (Å²) in [7, 11) is 0. The maximum Gasteiger partial charge on any atom is 0.290 e. The number of aliphatic hydroxyl groups is 2. The van der Waals surface area contributed by atoms with Crippen molar-refractivity contribution in [2.75, 3.05) is 0 Å². The predicted molar refractivity (Wildman–Crippen MR) is 189 cm³/mol. The Kier molecular flexibility index (Phi) is 12.3. The van der Waals surface area contributed by atoms with Crippen LogP contribution in [0.15, 0.2) is 77.7 Å². The molecule has 2 heterocycles. The molecule has 2 amide bonds. The Morgan fingerprint density at radius 1 is 0.820 bits per heavy atom. The van der Waals surface area contributed by atoms with E-state index in [-0.39, 0.29) is 35.4 Å². The van der Waals surface area contributed by atoms with Crippen molar-refractivity contribution >= 4 is 35.0 Å². The number of aryl methyl sites for hydroxylation is 1. The van der Waals surface area contributed by atoms with Crippen LogP contribution in [0.3, 0.4) is 0 Å². The number of carbonyl (C=O) groups is 2. The van der Waals surface area contributed by atoms with Crippen LogP contribution in [0.2, 0.25) is 10.0 Å². The van der Waals surface area contributed by atoms with Crippen molar-refractivity contribution in [2.45, 2.75) is 81.6 Å². The molecule has 6 rings (SSSR count). The van der Waals surface area contributed by atoms with Gasteiger partial charge in [-0.2, -0.15) is 0 Å². The summed E-state index contributed by atoms with van der Waals surface area (Å²) in [5.41, 5.74) is 0.285. The third-order valence-corrected chi connectivity index (χ3v) is 8.80. The normalized spacial score (nSPS) is 22.7. The highest BCUT2D eigenvalue weighted by atomic mass is 35.5. The maximum absolute atomic E-state index is 12.3. The van der Waals surface area contributed by atoms with Gasteiger partial charge in [0.15, 0.2) is 0 Å². The Morgan fingerprint density at radius 2 is 1.38 bits per heavy atom. The Balaban J connectivity index is 0.000000195. The van der Waals surface area contributed by atoms with Gasteiger partial charge in [-0.3, -0.25) is 14.6 Å². The van der Waals surface area contributed by atoms with Crippen molar-refractivity contribution in [1.29, 1.82) is 0 Å². The molecule has 4 N–H and O–H groups in total. The number of carbonyl (C=O) groups excluding carboxylic acids is 2. The number of benzene rings is 2. The highest BCUT2D eigenvalue weighted by molar-refractivity contribution is 6.31. The fourth-order valence-corrected chi connectivity index (χ4v) is 6.23. The molecule has 0 radical (unpaired) electrons. The van der Waals surface area contributed by atoms with E-state index in [2.05, 4.69) is 49.4 Å². The molecule has 0 unspecified atom stereocenters. The number of rotatable bonds is 4. The number of halogens is 2. The second kappa shape index (κ2) is 16.8. The average molecular weight is 715 g/mol. The fourth-order valence-electron chi connectivity index (χ4n) is 5.85. The van der Waals surface area contributed by atoms with Crippen molar-refractivity contribution in [2.24, 2.45) is 0 Å². The first-order valence-electron chi connectivity index (χ1n) is 16.3. The lowest BCUT2D eigenvalue weighted by Gasteiger charge is -2.33. The van der Waals surface area contributed by atoms with E-state index in [9.17, 15) is 19.8 Å². The van der Waals surface area contributed by atoms with Gasteiger partial charge >= 0.3 is 0 Å². The minimum Gasteiger partial charge on any atom is -0.378 e. The monoisotopic (exact) mass is 713 g/mol. The maximum atomic E-state index is 12.3. The zero-order valence-corrected chi connectivity index (χ0v) is 29.0. The van der Waals surface area contributed by atoms with Crippen LogP contribution < -0.4 is 10.6 Å². The Labute approximate surface area is 301 Å². The SMILES string of the molecule is Cc1cnc(C(=O)N[C@@H]2CCC[C@](O)(C#Cc3cccc(Cl)c3)C2)cn1.O=C(N[C@H]1CCC[C@@](O)(C#Cc2cccc(Cl)c2)C1)c1ccno1. The number of aromatic nitrogens is 3. The van der Waals surface area contributed by atoms with Gasteiger partial charge < -0.3 is 25.4 Å². The summed E-state index contributed by atoms with van der Waals surface area (Å²) in [6, 6.07) is 15.6. The summed E-state index contributed by atoms with van der Waals surface area (Å²) in [6.45, 7) is 1.81. The molecule has 4 aromatic rings. The summed E-state index contributed by atoms with van der Waals surface area (Å²) in [4.78, 5) is 32.5. The molecule has 2 aromatic carbocycles. The first kappa shape index (κ1) is 36.6. The van der Waals surface area contributed by atoms with Gasteiger partial charge in [-0.1, -0.05) is 64.2 Å². The van der Waals surface area contributed by atoms with E-state index in [0.29, 0.717) is 35.7 Å². The number of nitrogens with one attached hydrogen (secondary N) is 2. The highest BCUT2D eigenvalue weighted by Gasteiger charge is 2.35. The molecule has 2 aliphatic rings. The van der Waals surface area contributed by atoms with Gasteiger partial charge in [-0.25, -0.2) is 4.98 Å². The van der Waals surface area contributed by atoms with Gasteiger partial charge in [-0.15, -0.1) is 0 Å². The molecule has 2 fully saturated rings. The molecule has 0 aliphatic heterocycles. The quantitative estimate of drug-likeness (QED) is 0.198. The molecule has 50 heavy (non-hydrogen) atoms. The van der Waals surface area contributed by atoms with Crippen molar-refractivity contribution in [1.82, 2.24) is 25.8 Å². The summed E-state index contributed by atoms with van der Waals surface area (Å²) in [6.07, 6.45) is 9.50. The molecule has 0 spiro atoms. The number of amides is 2. The van der Waals surface area contributed by atoms with Crippen LogP contribution in [-0.2, 0) is 0 Å². The summed E-state index contributed by atoms with van der Waals surface area (Å²) >= 11 is 11.9. The molecule has 0 bridgehead atoms. The molecule has 0 saturated heterocycles. The van der Waals surface area contributed by atoms with Crippen LogP contribution in [0.5, 0.6) is 0 Å². The van der Waals surface area contributed by atoms with E-state index in [1.54, 1.807) is 30.5 Å². The second-order valence-electron chi connectivity index (χ2n) is 12.5. The molecule has 2 saturated carbocycles. The second-order valence-corrected chi connectivity index (χ2v) is 13.4. The van der Waals surface area contributed by atoms with E-state index >= 15 is 0 Å². The van der Waals surface area contributed by atoms with Gasteiger partial charge in [0, 0.05) is 58.4 Å². The molecule has 4 atom stereocenters. The van der Waals surface area contributed by atoms with Crippen molar-refractivity contribution < 1.29 is 24.3 Å². The third-order valence-electron chi connectivity index (χ3n) is 8.33. The minimum atomic E-state index is -1.13. The molecule has 2 aromatic heterocycles. The largest absolute Gasteiger partial charge is 0.378 e. The summed E-state index contributed by atoms with van der Waals surface area (Å²) in [5, 5.41) is 32.0. The number of hydrogen-bond donors (Lipinski definition) is 4. The summed E-state index contributed by atoms with van der Waals surface area (Å²) in [5.74, 6) is 11.4. The third kappa shape index (κ3) is 10.9. The van der Waals surface area contributed by atoms with Crippen LogP contribution in [-0.4, -0.2) is 60.4 Å². The van der Waals surface area contributed by atoms with Crippen LogP contribution in [0, 0.1) is 30.6 Å². The van der Waals surface area contributed by atoms with Crippen LogP contribution >= 0.6 is 23.2 Å². The lowest BCUT2D eigenvalue weighted by molar-refractivity contribution is 0.0440. The van der Waals surface area contributed by atoms with E-state index in [1.165, 1.54) is 18.5 Å². The summed E-state index contributed by atoms with van der Waals surface area (Å²) < 4.78 is 4.84. The van der Waals surface area contributed by atoms with Crippen LogP contribution in [0.1, 0.15) is 89.2 Å². The van der Waals surface area contributed by atoms with Gasteiger partial charge in [0.1, 0.15) is 16.9 Å². The number of nitrogens with zero attached hydrogens (tertiary/aromatic N) is 3. The fraction of sp³-hybridized carbons (Fsp3) is 0.342. The van der Waals surface area contributed by atoms with Crippen LogP contribution in [0.4, 0.5) is 0 Å². The zero-order chi connectivity index (χ0) is 35.6. The van der Waals surface area contributed by atoms with Crippen LogP contribution in [0.25, 0.3) is 0 Å². The van der Waals surface area contributed by atoms with E-state index in [4.69, 9.17) is 27.7 Å². The van der Waals surface area contributed by atoms with Gasteiger partial charge in [0.25, 0.3) is 11.8 Å². The molecule has 258 valence electrons. The predicted octanol–water partition coefficient (Wildman–Crippen LogP) is 5.68. The van der Waals surface area contributed by atoms with Crippen molar-refractivity contribution in [3.63, 3.8) is 0 Å². The van der Waals surface area contributed by atoms with Gasteiger partial charge in [0.2, 0.25) is 5.76 Å². The molecule has 12 heteroatoms. The van der Waals surface area contributed by atoms with E-state index in [0.717, 1.165) is 42.5 Å². The van der Waals surface area contributed by atoms with Crippen molar-refractivity contribution in [3.05, 3.63) is 112 Å². The van der Waals surface area contributed by atoms with Gasteiger partial charge in [-0.05, 0) is 81.8 Å². The molecular formula is C38H37Cl2N5O5. The minimum absolute atomic E-state index is 0.155. The zero-order valence-electron chi connectivity index (χ0n) is 27.5. The molecule has 2 aliphatic carbocycles. The lowest BCUT2D eigenvalue weighted by Crippen LogP contribution is -2.45. The standard InChI is InChI=1S/C20H20ClN3O2.C18H17ClN2O3/c1-14-12-23-18(13-22-14)19(25)24-17-6-3-8-20(26,11-17)9-7-15-4-2-5-16(21)10-15;19-14-4-1-3-13(11-14)6-9-18(23)8-2-5-15(12-18)21-17(22)16-7-10-20-24-16/h2,4-5,10,12-13,17,26H,3,6,8,11H2,1H3,(H,24,25);1,3-4,7,10-11,15,23H,2,5,8,12H2,(H,21,22)/t17-,20+;15-,18+/m10/s1. The Bertz CT molecular complexity index is 1920. The Morgan fingerprint density at radius 3 is 1.86 bits per heavy atom. The smallest absolute Gasteiger partial charge is 0.290 e. The highest BCUT2D eigenvalue weighted by Crippen LogP contribution is 2.29. The van der Waals surface area contributed by atoms with Gasteiger partial charge in [0.05, 0.1) is 18.1 Å². The first-order valence-corrected chi connectivity index (χ1v) is 17.1. The Hall–Kier alpha value is -4.71. The topological polar surface area (TPSA) is 150 Å². The first-order chi connectivity index (χ1) is 24.0. The van der Waals surface area contributed by atoms with Crippen molar-refractivity contribution in [3.8, 4) is 23.7 Å². The van der Waals surface area contributed by atoms with E-state index in [1.807, 2.05) is 31.2 Å². The molecule has 10 nitrogen and oxygen atoms in total. The molecular weight excluding hydrogens is 677 g/mol.